The molecule has 3 rings (SSSR count). The van der Waals surface area contributed by atoms with Crippen LogP contribution in [0.25, 0.3) is 34.2 Å². The van der Waals surface area contributed by atoms with Crippen molar-refractivity contribution in [1.29, 1.82) is 0 Å². The Morgan fingerprint density at radius 2 is 2.03 bits per heavy atom. The van der Waals surface area contributed by atoms with E-state index < -0.39 is 0 Å². The summed E-state index contributed by atoms with van der Waals surface area (Å²) in [5, 5.41) is 11.7. The predicted molar refractivity (Wildman–Crippen MR) is 134 cm³/mol. The number of aromatic nitrogens is 5. The maximum atomic E-state index is 4.70. The van der Waals surface area contributed by atoms with E-state index in [1.807, 2.05) is 44.3 Å². The van der Waals surface area contributed by atoms with Crippen LogP contribution >= 0.6 is 0 Å². The van der Waals surface area contributed by atoms with Crippen molar-refractivity contribution in [2.24, 2.45) is 5.92 Å². The first-order chi connectivity index (χ1) is 15.4. The second-order valence-electron chi connectivity index (χ2n) is 7.74. The van der Waals surface area contributed by atoms with E-state index in [1.165, 1.54) is 0 Å². The van der Waals surface area contributed by atoms with Gasteiger partial charge >= 0.3 is 0 Å². The molecule has 0 aromatic carbocycles. The van der Waals surface area contributed by atoms with Crippen molar-refractivity contribution in [1.82, 2.24) is 30.5 Å². The average molecular weight is 427 g/mol. The van der Waals surface area contributed by atoms with Gasteiger partial charge in [0, 0.05) is 28.8 Å². The zero-order valence-electron chi connectivity index (χ0n) is 19.2. The van der Waals surface area contributed by atoms with Crippen molar-refractivity contribution in [3.05, 3.63) is 90.7 Å². The molecule has 0 spiro atoms. The van der Waals surface area contributed by atoms with E-state index in [2.05, 4.69) is 65.1 Å². The monoisotopic (exact) mass is 426 g/mol. The fourth-order valence-electron chi connectivity index (χ4n) is 3.13. The van der Waals surface area contributed by atoms with Gasteiger partial charge in [-0.15, -0.1) is 0 Å². The van der Waals surface area contributed by atoms with E-state index in [-0.39, 0.29) is 0 Å². The van der Waals surface area contributed by atoms with Crippen molar-refractivity contribution in [2.75, 3.05) is 0 Å². The fourth-order valence-corrected chi connectivity index (χ4v) is 3.13. The van der Waals surface area contributed by atoms with E-state index in [0.717, 1.165) is 45.0 Å². The summed E-state index contributed by atoms with van der Waals surface area (Å²) in [6.07, 6.45) is 13.2. The zero-order valence-corrected chi connectivity index (χ0v) is 19.2. The first-order valence-corrected chi connectivity index (χ1v) is 10.5. The number of imidazole rings is 1. The molecule has 3 N–H and O–H groups in total. The lowest BCUT2D eigenvalue weighted by atomic mass is 10.0. The average Bonchev–Trinajstić information content (AvgIpc) is 3.37. The minimum atomic E-state index is 0.321. The molecule has 3 aromatic heterocycles. The lowest BCUT2D eigenvalue weighted by Crippen LogP contribution is -2.14. The second-order valence-corrected chi connectivity index (χ2v) is 7.74. The minimum Gasteiger partial charge on any atom is -0.359 e. The molecule has 3 aromatic rings. The van der Waals surface area contributed by atoms with Gasteiger partial charge in [0.1, 0.15) is 5.69 Å². The molecule has 0 atom stereocenters. The summed E-state index contributed by atoms with van der Waals surface area (Å²) in [5.74, 6) is 1.04. The van der Waals surface area contributed by atoms with Crippen LogP contribution in [0, 0.1) is 12.8 Å². The Kier molecular flexibility index (Phi) is 7.05. The van der Waals surface area contributed by atoms with Crippen molar-refractivity contribution in [2.45, 2.75) is 27.7 Å². The predicted octanol–water partition coefficient (Wildman–Crippen LogP) is 6.09. The summed E-state index contributed by atoms with van der Waals surface area (Å²) in [7, 11) is 0. The highest BCUT2D eigenvalue weighted by atomic mass is 15.2. The zero-order chi connectivity index (χ0) is 23.3. The van der Waals surface area contributed by atoms with Gasteiger partial charge in [0.05, 0.1) is 11.1 Å². The Hall–Kier alpha value is -3.93. The van der Waals surface area contributed by atoms with Crippen LogP contribution in [0.2, 0.25) is 0 Å². The van der Waals surface area contributed by atoms with Crippen LogP contribution in [0.1, 0.15) is 37.7 Å². The molecule has 0 saturated heterocycles. The summed E-state index contributed by atoms with van der Waals surface area (Å²) in [6.45, 7) is 19.9. The van der Waals surface area contributed by atoms with Gasteiger partial charge in [-0.25, -0.2) is 9.97 Å². The summed E-state index contributed by atoms with van der Waals surface area (Å²) >= 11 is 0. The molecule has 0 fully saturated rings. The molecule has 0 bridgehead atoms. The molecule has 0 unspecified atom stereocenters. The van der Waals surface area contributed by atoms with Gasteiger partial charge in [-0.2, -0.15) is 5.10 Å². The number of H-pyrrole nitrogens is 2. The Morgan fingerprint density at radius 1 is 1.25 bits per heavy atom. The highest BCUT2D eigenvalue weighted by Gasteiger charge is 2.15. The molecule has 0 amide bonds. The third kappa shape index (κ3) is 4.86. The smallest absolute Gasteiger partial charge is 0.181 e. The van der Waals surface area contributed by atoms with Gasteiger partial charge in [-0.05, 0) is 49.6 Å². The van der Waals surface area contributed by atoms with Crippen molar-refractivity contribution in [3.63, 3.8) is 0 Å². The largest absolute Gasteiger partial charge is 0.359 e. The molecule has 32 heavy (non-hydrogen) atoms. The van der Waals surface area contributed by atoms with Gasteiger partial charge in [-0.3, -0.25) is 5.10 Å². The molecule has 0 aliphatic carbocycles. The number of nitrogens with zero attached hydrogens (tertiary/aromatic N) is 3. The Labute approximate surface area is 189 Å². The lowest BCUT2D eigenvalue weighted by Gasteiger charge is -2.14. The number of allylic oxidation sites excluding steroid dienone is 7. The van der Waals surface area contributed by atoms with Crippen LogP contribution in [0.3, 0.4) is 0 Å². The van der Waals surface area contributed by atoms with Gasteiger partial charge in [0.25, 0.3) is 0 Å². The molecule has 6 nitrogen and oxygen atoms in total. The van der Waals surface area contributed by atoms with Crippen LogP contribution in [-0.4, -0.2) is 25.1 Å². The first kappa shape index (κ1) is 22.7. The number of rotatable bonds is 9. The quantitative estimate of drug-likeness (QED) is 0.362. The van der Waals surface area contributed by atoms with Gasteiger partial charge in [0.2, 0.25) is 0 Å². The summed E-state index contributed by atoms with van der Waals surface area (Å²) in [4.78, 5) is 12.6. The van der Waals surface area contributed by atoms with E-state index in [4.69, 9.17) is 4.98 Å². The van der Waals surface area contributed by atoms with Gasteiger partial charge in [-0.1, -0.05) is 51.8 Å². The number of nitrogens with one attached hydrogen (secondary N) is 3. The van der Waals surface area contributed by atoms with Crippen LogP contribution < -0.4 is 5.32 Å². The summed E-state index contributed by atoms with van der Waals surface area (Å²) in [6, 6.07) is 2.07. The number of aromatic amines is 2. The van der Waals surface area contributed by atoms with Crippen molar-refractivity contribution >= 4 is 22.7 Å². The highest BCUT2D eigenvalue weighted by Crippen LogP contribution is 2.28. The minimum absolute atomic E-state index is 0.321. The molecule has 6 heteroatoms. The number of pyridine rings is 1. The third-order valence-corrected chi connectivity index (χ3v) is 5.14. The Bertz CT molecular complexity index is 1250. The second kappa shape index (κ2) is 9.92. The summed E-state index contributed by atoms with van der Waals surface area (Å²) < 4.78 is 0. The van der Waals surface area contributed by atoms with Crippen LogP contribution in [-0.2, 0) is 0 Å². The fraction of sp³-hybridized carbons (Fsp3) is 0.192. The van der Waals surface area contributed by atoms with Gasteiger partial charge in [0.15, 0.2) is 11.5 Å². The Morgan fingerprint density at radius 3 is 2.69 bits per heavy atom. The normalized spacial score (nSPS) is 12.7. The van der Waals surface area contributed by atoms with Crippen LogP contribution in [0.4, 0.5) is 0 Å². The molecular weight excluding hydrogens is 396 g/mol. The van der Waals surface area contributed by atoms with Gasteiger partial charge < -0.3 is 10.3 Å². The molecule has 0 radical (unpaired) electrons. The topological polar surface area (TPSA) is 82.3 Å². The molecule has 164 valence electrons. The maximum Gasteiger partial charge on any atom is 0.181 e. The van der Waals surface area contributed by atoms with E-state index in [9.17, 15) is 0 Å². The van der Waals surface area contributed by atoms with Crippen LogP contribution in [0.5, 0.6) is 0 Å². The standard InChI is InChI=1S/C26H30N6/c1-8-11-12-23-18(7)29-26(30-23)24-22-14-20(15-27-25(22)32-31-24)19(9-2)13-21(10-3)28-17(6)16(4)5/h8-16,28H,1,3,6H2,2,4-5,7H3,(H,29,30)(H,27,31,32)/b12-11-,19-9+,21-13+. The number of aryl methyl sites for hydroxylation is 1. The number of hydrogen-bond acceptors (Lipinski definition) is 4. The lowest BCUT2D eigenvalue weighted by molar-refractivity contribution is 0.710. The van der Waals surface area contributed by atoms with E-state index in [0.29, 0.717) is 17.4 Å². The number of hydrogen-bond donors (Lipinski definition) is 3. The SMILES string of the molecule is C=C/C=C\c1nc(-c2[nH]nc3ncc(C(/C=C(\C=C)NC(=C)C(C)C)=C/C)cc23)[nH]c1C. The summed E-state index contributed by atoms with van der Waals surface area (Å²) in [5.41, 5.74) is 7.05. The van der Waals surface area contributed by atoms with Crippen molar-refractivity contribution < 1.29 is 0 Å². The molecule has 0 aliphatic heterocycles. The Balaban J connectivity index is 2.01. The molecule has 0 aliphatic rings. The number of fused-ring (bicyclic) bond motifs is 1. The van der Waals surface area contributed by atoms with Crippen molar-refractivity contribution in [3.8, 4) is 11.5 Å². The maximum absolute atomic E-state index is 4.70. The van der Waals surface area contributed by atoms with Crippen LogP contribution in [0.15, 0.2) is 73.8 Å². The van der Waals surface area contributed by atoms with E-state index >= 15 is 0 Å². The highest BCUT2D eigenvalue weighted by molar-refractivity contribution is 5.92. The third-order valence-electron chi connectivity index (χ3n) is 5.14. The molecular formula is C26H30N6. The van der Waals surface area contributed by atoms with E-state index in [1.54, 1.807) is 12.2 Å². The first-order valence-electron chi connectivity index (χ1n) is 10.5. The molecule has 0 saturated carbocycles. The molecule has 3 heterocycles.